The van der Waals surface area contributed by atoms with Gasteiger partial charge in [-0.05, 0) is 34.6 Å². The average Bonchev–Trinajstić information content (AvgIpc) is 2.28. The van der Waals surface area contributed by atoms with Crippen LogP contribution in [-0.2, 0) is 9.53 Å². The number of halogens is 1. The first-order valence-electron chi connectivity index (χ1n) is 6.15. The summed E-state index contributed by atoms with van der Waals surface area (Å²) in [5.74, 6) is -0.467. The molecule has 0 aliphatic carbocycles. The van der Waals surface area contributed by atoms with Crippen molar-refractivity contribution in [2.45, 2.75) is 50.0 Å². The van der Waals surface area contributed by atoms with E-state index < -0.39 is 21.2 Å². The summed E-state index contributed by atoms with van der Waals surface area (Å²) >= 11 is 6.69. The molecule has 0 aromatic carbocycles. The Bertz CT molecular complexity index is 570. The molecule has 0 N–H and O–H groups in total. The fraction of sp³-hybridized carbons (Fsp3) is 0.538. The van der Waals surface area contributed by atoms with Gasteiger partial charge in [0.1, 0.15) is 10.3 Å². The van der Waals surface area contributed by atoms with Crippen LogP contribution in [0.5, 0.6) is 0 Å². The number of thioether (sulfide) groups is 1. The van der Waals surface area contributed by atoms with Gasteiger partial charge in [-0.2, -0.15) is 0 Å². The van der Waals surface area contributed by atoms with Crippen molar-refractivity contribution in [1.29, 1.82) is 0 Å². The smallest absolute Gasteiger partial charge is 0.322 e. The van der Waals surface area contributed by atoms with Gasteiger partial charge in [0.15, 0.2) is 5.03 Å². The highest BCUT2D eigenvalue weighted by Crippen LogP contribution is 2.38. The predicted octanol–water partition coefficient (Wildman–Crippen LogP) is 3.86. The molecular formula is C13H17ClN2O4S. The van der Waals surface area contributed by atoms with Crippen LogP contribution in [-0.4, -0.2) is 26.2 Å². The number of aromatic nitrogens is 1. The molecule has 0 bridgehead atoms. The van der Waals surface area contributed by atoms with Crippen LogP contribution in [0.3, 0.4) is 0 Å². The van der Waals surface area contributed by atoms with Crippen molar-refractivity contribution < 1.29 is 14.5 Å². The molecule has 21 heavy (non-hydrogen) atoms. The summed E-state index contributed by atoms with van der Waals surface area (Å²) in [6.45, 7) is 8.54. The van der Waals surface area contributed by atoms with Gasteiger partial charge >= 0.3 is 11.7 Å². The van der Waals surface area contributed by atoms with E-state index in [1.54, 1.807) is 34.6 Å². The summed E-state index contributed by atoms with van der Waals surface area (Å²) in [6.07, 6.45) is 1.31. The largest absolute Gasteiger partial charge is 0.459 e. The van der Waals surface area contributed by atoms with Gasteiger partial charge in [0.25, 0.3) is 0 Å². The van der Waals surface area contributed by atoms with E-state index in [1.807, 2.05) is 0 Å². The van der Waals surface area contributed by atoms with Crippen LogP contribution in [0.15, 0.2) is 17.3 Å². The van der Waals surface area contributed by atoms with Crippen molar-refractivity contribution in [3.63, 3.8) is 0 Å². The number of nitro groups is 1. The van der Waals surface area contributed by atoms with Crippen molar-refractivity contribution >= 4 is 35.0 Å². The Hall–Kier alpha value is -1.34. The number of rotatable bonds is 4. The quantitative estimate of drug-likeness (QED) is 0.360. The predicted molar refractivity (Wildman–Crippen MR) is 81.7 cm³/mol. The maximum Gasteiger partial charge on any atom is 0.322 e. The molecule has 1 aromatic rings. The normalized spacial score (nSPS) is 12.1. The Balaban J connectivity index is 3.04. The number of nitrogens with zero attached hydrogens (tertiary/aromatic N) is 2. The Kier molecular flexibility index (Phi) is 5.22. The zero-order valence-corrected chi connectivity index (χ0v) is 14.0. The van der Waals surface area contributed by atoms with Crippen molar-refractivity contribution in [2.75, 3.05) is 0 Å². The lowest BCUT2D eigenvalue weighted by Gasteiger charge is -2.27. The summed E-state index contributed by atoms with van der Waals surface area (Å²) in [5.41, 5.74) is -0.863. The van der Waals surface area contributed by atoms with Crippen LogP contribution in [0.2, 0.25) is 5.02 Å². The Morgan fingerprint density at radius 2 is 1.95 bits per heavy atom. The van der Waals surface area contributed by atoms with Crippen molar-refractivity contribution in [3.05, 3.63) is 27.4 Å². The minimum atomic E-state index is -1.02. The van der Waals surface area contributed by atoms with E-state index in [2.05, 4.69) is 4.98 Å². The van der Waals surface area contributed by atoms with Gasteiger partial charge in [0.05, 0.1) is 9.95 Å². The molecule has 0 spiro atoms. The van der Waals surface area contributed by atoms with Crippen LogP contribution in [0, 0.1) is 10.1 Å². The Morgan fingerprint density at radius 1 is 1.38 bits per heavy atom. The lowest BCUT2D eigenvalue weighted by molar-refractivity contribution is -0.388. The van der Waals surface area contributed by atoms with Gasteiger partial charge in [-0.15, -0.1) is 0 Å². The van der Waals surface area contributed by atoms with Gasteiger partial charge < -0.3 is 4.74 Å². The number of ether oxygens (including phenoxy) is 1. The molecule has 1 aromatic heterocycles. The summed E-state index contributed by atoms with van der Waals surface area (Å²) in [5, 5.41) is 11.3. The Morgan fingerprint density at radius 3 is 2.43 bits per heavy atom. The fourth-order valence-electron chi connectivity index (χ4n) is 1.31. The van der Waals surface area contributed by atoms with Gasteiger partial charge in [-0.25, -0.2) is 4.98 Å². The first-order chi connectivity index (χ1) is 9.42. The zero-order chi connectivity index (χ0) is 16.4. The number of hydrogen-bond acceptors (Lipinski definition) is 6. The molecule has 8 heteroatoms. The first kappa shape index (κ1) is 17.7. The molecule has 0 aliphatic rings. The van der Waals surface area contributed by atoms with E-state index in [0.717, 1.165) is 11.8 Å². The van der Waals surface area contributed by atoms with Crippen LogP contribution < -0.4 is 0 Å². The second-order valence-electron chi connectivity index (χ2n) is 5.85. The average molecular weight is 333 g/mol. The molecule has 0 aliphatic heterocycles. The van der Waals surface area contributed by atoms with Crippen molar-refractivity contribution in [3.8, 4) is 0 Å². The minimum absolute atomic E-state index is 0.125. The third kappa shape index (κ3) is 5.17. The number of carbonyl (C=O) groups is 1. The third-order valence-corrected chi connectivity index (χ3v) is 3.63. The van der Waals surface area contributed by atoms with E-state index in [9.17, 15) is 14.9 Å². The highest BCUT2D eigenvalue weighted by atomic mass is 35.5. The SMILES string of the molecule is CC(C)(C)OC(=O)C(C)(C)Sc1ncc(Cl)cc1[N+](=O)[O-]. The van der Waals surface area contributed by atoms with Gasteiger partial charge in [-0.1, -0.05) is 23.4 Å². The molecule has 0 unspecified atom stereocenters. The van der Waals surface area contributed by atoms with E-state index in [0.29, 0.717) is 0 Å². The fourth-order valence-corrected chi connectivity index (χ4v) is 2.41. The molecule has 0 amide bonds. The number of esters is 1. The summed E-state index contributed by atoms with van der Waals surface area (Å²) < 4.78 is 4.30. The van der Waals surface area contributed by atoms with Crippen LogP contribution in [0.4, 0.5) is 5.69 Å². The first-order valence-corrected chi connectivity index (χ1v) is 7.34. The molecule has 0 fully saturated rings. The van der Waals surface area contributed by atoms with E-state index in [4.69, 9.17) is 16.3 Å². The van der Waals surface area contributed by atoms with Gasteiger partial charge in [0, 0.05) is 12.3 Å². The number of hydrogen-bond donors (Lipinski definition) is 0. The second-order valence-corrected chi connectivity index (χ2v) is 7.90. The maximum atomic E-state index is 12.2. The standard InChI is InChI=1S/C13H17ClN2O4S/c1-12(2,3)20-11(17)13(4,5)21-10-9(16(18)19)6-8(14)7-15-10/h6-7H,1-5H3. The molecule has 0 atom stereocenters. The minimum Gasteiger partial charge on any atom is -0.459 e. The third-order valence-electron chi connectivity index (χ3n) is 2.24. The number of pyridine rings is 1. The lowest BCUT2D eigenvalue weighted by Crippen LogP contribution is -2.36. The summed E-state index contributed by atoms with van der Waals surface area (Å²) in [6, 6.07) is 1.21. The van der Waals surface area contributed by atoms with Gasteiger partial charge in [-0.3, -0.25) is 14.9 Å². The molecule has 1 rings (SSSR count). The molecule has 6 nitrogen and oxygen atoms in total. The molecule has 116 valence electrons. The topological polar surface area (TPSA) is 82.3 Å². The van der Waals surface area contributed by atoms with Crippen molar-refractivity contribution in [2.24, 2.45) is 0 Å². The summed E-state index contributed by atoms with van der Waals surface area (Å²) in [7, 11) is 0. The molecule has 0 saturated carbocycles. The van der Waals surface area contributed by atoms with Crippen LogP contribution in [0.25, 0.3) is 0 Å². The van der Waals surface area contributed by atoms with Crippen LogP contribution in [0.1, 0.15) is 34.6 Å². The molecule has 0 radical (unpaired) electrons. The second kappa shape index (κ2) is 6.19. The summed E-state index contributed by atoms with van der Waals surface area (Å²) in [4.78, 5) is 26.6. The van der Waals surface area contributed by atoms with E-state index in [1.165, 1.54) is 12.3 Å². The molecule has 1 heterocycles. The number of carbonyl (C=O) groups excluding carboxylic acids is 1. The van der Waals surface area contributed by atoms with Crippen LogP contribution >= 0.6 is 23.4 Å². The Labute approximate surface area is 132 Å². The monoisotopic (exact) mass is 332 g/mol. The molecule has 0 saturated heterocycles. The molecular weight excluding hydrogens is 316 g/mol. The maximum absolute atomic E-state index is 12.2. The van der Waals surface area contributed by atoms with Gasteiger partial charge in [0.2, 0.25) is 0 Å². The highest BCUT2D eigenvalue weighted by molar-refractivity contribution is 8.01. The zero-order valence-electron chi connectivity index (χ0n) is 12.5. The lowest BCUT2D eigenvalue weighted by atomic mass is 10.1. The van der Waals surface area contributed by atoms with Crippen molar-refractivity contribution in [1.82, 2.24) is 4.98 Å². The van der Waals surface area contributed by atoms with E-state index >= 15 is 0 Å². The van der Waals surface area contributed by atoms with E-state index in [-0.39, 0.29) is 15.7 Å². The highest BCUT2D eigenvalue weighted by Gasteiger charge is 2.36.